The third-order valence-electron chi connectivity index (χ3n) is 3.11. The first kappa shape index (κ1) is 12.6. The van der Waals surface area contributed by atoms with Crippen molar-refractivity contribution in [2.24, 2.45) is 5.73 Å². The molecule has 0 aromatic heterocycles. The second kappa shape index (κ2) is 4.78. The summed E-state index contributed by atoms with van der Waals surface area (Å²) < 4.78 is 19.0. The first-order valence-corrected chi connectivity index (χ1v) is 5.74. The van der Waals surface area contributed by atoms with Crippen LogP contribution in [0.4, 0.5) is 4.39 Å². The molecule has 2 nitrogen and oxygen atoms in total. The Bertz CT molecular complexity index is 537. The predicted octanol–water partition coefficient (Wildman–Crippen LogP) is 3.06. The van der Waals surface area contributed by atoms with Gasteiger partial charge in [0.05, 0.1) is 12.6 Å². The molecule has 0 aliphatic heterocycles. The SMILES string of the molecule is COc1ccc(C(C)(N)c2ccccc2)c(F)c1. The zero-order chi connectivity index (χ0) is 13.2. The maximum atomic E-state index is 14.1. The summed E-state index contributed by atoms with van der Waals surface area (Å²) in [7, 11) is 1.51. The van der Waals surface area contributed by atoms with Gasteiger partial charge in [-0.15, -0.1) is 0 Å². The van der Waals surface area contributed by atoms with E-state index < -0.39 is 5.54 Å². The molecule has 0 saturated heterocycles. The fraction of sp³-hybridized carbons (Fsp3) is 0.200. The summed E-state index contributed by atoms with van der Waals surface area (Å²) in [5.41, 5.74) is 6.73. The Morgan fingerprint density at radius 3 is 2.33 bits per heavy atom. The minimum absolute atomic E-state index is 0.358. The van der Waals surface area contributed by atoms with Crippen LogP contribution in [0.1, 0.15) is 18.1 Å². The predicted molar refractivity (Wildman–Crippen MR) is 70.0 cm³/mol. The van der Waals surface area contributed by atoms with Crippen molar-refractivity contribution in [3.8, 4) is 5.75 Å². The Kier molecular flexibility index (Phi) is 3.34. The fourth-order valence-corrected chi connectivity index (χ4v) is 1.98. The molecule has 2 aromatic carbocycles. The van der Waals surface area contributed by atoms with Crippen molar-refractivity contribution >= 4 is 0 Å². The molecule has 2 aromatic rings. The molecule has 0 amide bonds. The monoisotopic (exact) mass is 245 g/mol. The van der Waals surface area contributed by atoms with Crippen LogP contribution in [0, 0.1) is 5.82 Å². The lowest BCUT2D eigenvalue weighted by Gasteiger charge is -2.26. The topological polar surface area (TPSA) is 35.2 Å². The van der Waals surface area contributed by atoms with Crippen LogP contribution in [0.2, 0.25) is 0 Å². The van der Waals surface area contributed by atoms with Crippen LogP contribution in [0.25, 0.3) is 0 Å². The summed E-state index contributed by atoms with van der Waals surface area (Å²) in [6.07, 6.45) is 0. The zero-order valence-corrected chi connectivity index (χ0v) is 10.5. The van der Waals surface area contributed by atoms with E-state index in [1.165, 1.54) is 13.2 Å². The van der Waals surface area contributed by atoms with Gasteiger partial charge in [-0.2, -0.15) is 0 Å². The van der Waals surface area contributed by atoms with Crippen LogP contribution in [0.3, 0.4) is 0 Å². The van der Waals surface area contributed by atoms with Gasteiger partial charge >= 0.3 is 0 Å². The van der Waals surface area contributed by atoms with Crippen molar-refractivity contribution in [3.63, 3.8) is 0 Å². The number of hydrogen-bond donors (Lipinski definition) is 1. The standard InChI is InChI=1S/C15H16FNO/c1-15(17,11-6-4-3-5-7-11)13-9-8-12(18-2)10-14(13)16/h3-10H,17H2,1-2H3. The van der Waals surface area contributed by atoms with Crippen molar-refractivity contribution < 1.29 is 9.13 Å². The summed E-state index contributed by atoms with van der Waals surface area (Å²) in [4.78, 5) is 0. The van der Waals surface area contributed by atoms with E-state index in [2.05, 4.69) is 0 Å². The Morgan fingerprint density at radius 2 is 1.78 bits per heavy atom. The summed E-state index contributed by atoms with van der Waals surface area (Å²) in [6.45, 7) is 1.80. The summed E-state index contributed by atoms with van der Waals surface area (Å²) in [5, 5.41) is 0. The molecular formula is C15H16FNO. The van der Waals surface area contributed by atoms with Gasteiger partial charge in [0.2, 0.25) is 0 Å². The van der Waals surface area contributed by atoms with E-state index in [4.69, 9.17) is 10.5 Å². The molecule has 0 radical (unpaired) electrons. The molecule has 1 atom stereocenters. The molecule has 0 spiro atoms. The first-order valence-electron chi connectivity index (χ1n) is 5.74. The van der Waals surface area contributed by atoms with Gasteiger partial charge in [0.1, 0.15) is 11.6 Å². The van der Waals surface area contributed by atoms with Gasteiger partial charge in [-0.3, -0.25) is 0 Å². The summed E-state index contributed by atoms with van der Waals surface area (Å²) in [5.74, 6) is 0.128. The number of rotatable bonds is 3. The maximum Gasteiger partial charge on any atom is 0.132 e. The molecule has 0 saturated carbocycles. The highest BCUT2D eigenvalue weighted by molar-refractivity contribution is 5.40. The van der Waals surface area contributed by atoms with Crippen LogP contribution < -0.4 is 10.5 Å². The van der Waals surface area contributed by atoms with E-state index in [-0.39, 0.29) is 5.82 Å². The molecule has 18 heavy (non-hydrogen) atoms. The quantitative estimate of drug-likeness (QED) is 0.902. The molecule has 0 bridgehead atoms. The number of halogens is 1. The fourth-order valence-electron chi connectivity index (χ4n) is 1.98. The number of ether oxygens (including phenoxy) is 1. The third kappa shape index (κ3) is 2.22. The van der Waals surface area contributed by atoms with Gasteiger partial charge in [0, 0.05) is 11.6 Å². The lowest BCUT2D eigenvalue weighted by molar-refractivity contribution is 0.409. The van der Waals surface area contributed by atoms with Crippen LogP contribution in [-0.4, -0.2) is 7.11 Å². The van der Waals surface area contributed by atoms with Gasteiger partial charge < -0.3 is 10.5 Å². The average molecular weight is 245 g/mol. The van der Waals surface area contributed by atoms with Crippen molar-refractivity contribution in [1.29, 1.82) is 0 Å². The van der Waals surface area contributed by atoms with Gasteiger partial charge in [0.25, 0.3) is 0 Å². The molecular weight excluding hydrogens is 229 g/mol. The lowest BCUT2D eigenvalue weighted by Crippen LogP contribution is -2.35. The largest absolute Gasteiger partial charge is 0.497 e. The highest BCUT2D eigenvalue weighted by Crippen LogP contribution is 2.30. The summed E-state index contributed by atoms with van der Waals surface area (Å²) in [6, 6.07) is 14.2. The molecule has 1 unspecified atom stereocenters. The normalized spacial score (nSPS) is 14.0. The van der Waals surface area contributed by atoms with Crippen LogP contribution in [0.15, 0.2) is 48.5 Å². The van der Waals surface area contributed by atoms with Crippen molar-refractivity contribution in [1.82, 2.24) is 0 Å². The number of methoxy groups -OCH3 is 1. The molecule has 2 N–H and O–H groups in total. The first-order chi connectivity index (χ1) is 8.55. The highest BCUT2D eigenvalue weighted by Gasteiger charge is 2.26. The van der Waals surface area contributed by atoms with Gasteiger partial charge in [-0.1, -0.05) is 36.4 Å². The van der Waals surface area contributed by atoms with Crippen molar-refractivity contribution in [3.05, 3.63) is 65.5 Å². The molecule has 0 aliphatic carbocycles. The highest BCUT2D eigenvalue weighted by atomic mass is 19.1. The number of hydrogen-bond acceptors (Lipinski definition) is 2. The van der Waals surface area contributed by atoms with Gasteiger partial charge in [-0.05, 0) is 18.6 Å². The van der Waals surface area contributed by atoms with Gasteiger partial charge in [0.15, 0.2) is 0 Å². The lowest BCUT2D eigenvalue weighted by atomic mass is 9.85. The summed E-state index contributed by atoms with van der Waals surface area (Å²) >= 11 is 0. The third-order valence-corrected chi connectivity index (χ3v) is 3.11. The van der Waals surface area contributed by atoms with Crippen LogP contribution in [-0.2, 0) is 5.54 Å². The Labute approximate surface area is 106 Å². The van der Waals surface area contributed by atoms with E-state index in [9.17, 15) is 4.39 Å². The average Bonchev–Trinajstić information content (AvgIpc) is 2.39. The second-order valence-corrected chi connectivity index (χ2v) is 4.41. The molecule has 3 heteroatoms. The molecule has 0 heterocycles. The van der Waals surface area contributed by atoms with Crippen LogP contribution >= 0.6 is 0 Å². The maximum absolute atomic E-state index is 14.1. The molecule has 94 valence electrons. The van der Waals surface area contributed by atoms with Gasteiger partial charge in [-0.25, -0.2) is 4.39 Å². The Hall–Kier alpha value is -1.87. The van der Waals surface area contributed by atoms with Crippen molar-refractivity contribution in [2.75, 3.05) is 7.11 Å². The molecule has 0 aliphatic rings. The van der Waals surface area contributed by atoms with Crippen molar-refractivity contribution in [2.45, 2.75) is 12.5 Å². The minimum atomic E-state index is -0.863. The number of nitrogens with two attached hydrogens (primary N) is 1. The number of benzene rings is 2. The van der Waals surface area contributed by atoms with E-state index in [1.54, 1.807) is 19.1 Å². The Balaban J connectivity index is 2.48. The van der Waals surface area contributed by atoms with E-state index in [0.29, 0.717) is 11.3 Å². The molecule has 0 fully saturated rings. The minimum Gasteiger partial charge on any atom is -0.497 e. The zero-order valence-electron chi connectivity index (χ0n) is 10.5. The van der Waals surface area contributed by atoms with E-state index >= 15 is 0 Å². The van der Waals surface area contributed by atoms with E-state index in [0.717, 1.165) is 5.56 Å². The smallest absolute Gasteiger partial charge is 0.132 e. The second-order valence-electron chi connectivity index (χ2n) is 4.41. The Morgan fingerprint density at radius 1 is 1.11 bits per heavy atom. The molecule has 2 rings (SSSR count). The van der Waals surface area contributed by atoms with E-state index in [1.807, 2.05) is 30.3 Å². The van der Waals surface area contributed by atoms with Crippen LogP contribution in [0.5, 0.6) is 5.75 Å².